The summed E-state index contributed by atoms with van der Waals surface area (Å²) in [5.41, 5.74) is 2.41. The molecular formula is C35H47N5O2S2. The largest absolute Gasteiger partial charge is 0.368 e. The summed E-state index contributed by atoms with van der Waals surface area (Å²) in [4.78, 5) is 33.9. The number of aromatic nitrogens is 1. The number of pyridine rings is 1. The second-order valence-electron chi connectivity index (χ2n) is 11.7. The van der Waals surface area contributed by atoms with Gasteiger partial charge in [-0.15, -0.1) is 0 Å². The topological polar surface area (TPSA) is 72.6 Å². The Hall–Kier alpha value is -3.09. The summed E-state index contributed by atoms with van der Waals surface area (Å²) in [6, 6.07) is 12.5. The van der Waals surface area contributed by atoms with Gasteiger partial charge >= 0.3 is 0 Å². The van der Waals surface area contributed by atoms with E-state index in [2.05, 4.69) is 34.9 Å². The van der Waals surface area contributed by atoms with Gasteiger partial charge in [-0.25, -0.2) is 0 Å². The number of thiocarbonyl (C=S) groups is 1. The van der Waals surface area contributed by atoms with Gasteiger partial charge in [-0.3, -0.25) is 19.1 Å². The second-order valence-corrected chi connectivity index (χ2v) is 13.4. The lowest BCUT2D eigenvalue weighted by Gasteiger charge is -2.39. The number of piperazine rings is 1. The molecule has 0 radical (unpaired) electrons. The number of para-hydroxylation sites is 1. The van der Waals surface area contributed by atoms with Crippen LogP contribution in [0.15, 0.2) is 40.0 Å². The van der Waals surface area contributed by atoms with Crippen LogP contribution in [-0.4, -0.2) is 52.4 Å². The number of unbranched alkanes of at least 4 members (excludes halogenated alkanes) is 9. The van der Waals surface area contributed by atoms with E-state index in [1.807, 2.05) is 38.1 Å². The van der Waals surface area contributed by atoms with Crippen LogP contribution >= 0.6 is 24.0 Å². The molecule has 1 aromatic heterocycles. The molecule has 44 heavy (non-hydrogen) atoms. The van der Waals surface area contributed by atoms with Gasteiger partial charge in [0.25, 0.3) is 11.5 Å². The van der Waals surface area contributed by atoms with E-state index in [1.54, 1.807) is 9.47 Å². The average molecular weight is 634 g/mol. The first-order valence-electron chi connectivity index (χ1n) is 16.4. The number of hydrogen-bond acceptors (Lipinski definition) is 7. The predicted octanol–water partition coefficient (Wildman–Crippen LogP) is 7.50. The molecular weight excluding hydrogens is 587 g/mol. The number of amides is 1. The highest BCUT2D eigenvalue weighted by atomic mass is 32.2. The van der Waals surface area contributed by atoms with Crippen molar-refractivity contribution in [2.24, 2.45) is 0 Å². The number of carbonyl (C=O) groups is 1. The van der Waals surface area contributed by atoms with Gasteiger partial charge in [0.05, 0.1) is 4.91 Å². The number of thioether (sulfide) groups is 1. The zero-order valence-corrected chi connectivity index (χ0v) is 28.3. The summed E-state index contributed by atoms with van der Waals surface area (Å²) in [5.74, 6) is 0.699. The quantitative estimate of drug-likeness (QED) is 0.114. The fraction of sp³-hybridized carbons (Fsp3) is 0.543. The first kappa shape index (κ1) is 33.8. The first-order chi connectivity index (χ1) is 21.4. The zero-order chi connectivity index (χ0) is 31.5. The summed E-state index contributed by atoms with van der Waals surface area (Å²) in [5, 5.41) is 9.92. The molecule has 3 heterocycles. The number of nitrogens with zero attached hydrogens (tertiary/aromatic N) is 5. The average Bonchev–Trinajstić information content (AvgIpc) is 3.31. The molecule has 0 N–H and O–H groups in total. The van der Waals surface area contributed by atoms with Gasteiger partial charge < -0.3 is 9.80 Å². The van der Waals surface area contributed by atoms with Crippen LogP contribution in [0.5, 0.6) is 0 Å². The third-order valence-corrected chi connectivity index (χ3v) is 10.1. The van der Waals surface area contributed by atoms with E-state index in [9.17, 15) is 14.9 Å². The molecule has 4 rings (SSSR count). The Kier molecular flexibility index (Phi) is 12.9. The van der Waals surface area contributed by atoms with E-state index >= 15 is 0 Å². The Morgan fingerprint density at radius 2 is 1.48 bits per heavy atom. The molecule has 1 amide bonds. The number of carbonyl (C=O) groups excluding carboxylic acids is 1. The van der Waals surface area contributed by atoms with E-state index in [0.717, 1.165) is 50.4 Å². The monoisotopic (exact) mass is 633 g/mol. The lowest BCUT2D eigenvalue weighted by molar-refractivity contribution is -0.122. The van der Waals surface area contributed by atoms with Crippen molar-refractivity contribution >= 4 is 51.8 Å². The third-order valence-electron chi connectivity index (χ3n) is 8.75. The molecule has 2 fully saturated rings. The van der Waals surface area contributed by atoms with E-state index in [1.165, 1.54) is 68.8 Å². The SMILES string of the molecule is CCCCCCCCCCCCN1C(=O)/C(=C\c2c(C)c(C#N)c(=O)n(CC)c2N2CCN(c3ccccc3)CC2)SC1=S. The zero-order valence-electron chi connectivity index (χ0n) is 26.6. The van der Waals surface area contributed by atoms with Gasteiger partial charge in [-0.05, 0) is 44.0 Å². The lowest BCUT2D eigenvalue weighted by atomic mass is 10.0. The number of hydrogen-bond donors (Lipinski definition) is 0. The van der Waals surface area contributed by atoms with Crippen molar-refractivity contribution in [1.82, 2.24) is 9.47 Å². The summed E-state index contributed by atoms with van der Waals surface area (Å²) >= 11 is 6.98. The van der Waals surface area contributed by atoms with Gasteiger partial charge in [0.15, 0.2) is 0 Å². The summed E-state index contributed by atoms with van der Waals surface area (Å²) in [6.07, 6.45) is 14.3. The molecule has 0 aliphatic carbocycles. The van der Waals surface area contributed by atoms with Crippen molar-refractivity contribution in [1.29, 1.82) is 5.26 Å². The van der Waals surface area contributed by atoms with Crippen molar-refractivity contribution in [2.45, 2.75) is 91.5 Å². The summed E-state index contributed by atoms with van der Waals surface area (Å²) in [7, 11) is 0. The molecule has 0 saturated carbocycles. The number of anilines is 2. The maximum Gasteiger partial charge on any atom is 0.270 e. The molecule has 1 aromatic carbocycles. The van der Waals surface area contributed by atoms with E-state index in [-0.39, 0.29) is 17.0 Å². The van der Waals surface area contributed by atoms with Crippen LogP contribution in [0.1, 0.15) is 94.7 Å². The summed E-state index contributed by atoms with van der Waals surface area (Å²) in [6.45, 7) is 10.1. The summed E-state index contributed by atoms with van der Waals surface area (Å²) < 4.78 is 2.28. The van der Waals surface area contributed by atoms with Gasteiger partial charge in [0.2, 0.25) is 0 Å². The van der Waals surface area contributed by atoms with E-state index in [4.69, 9.17) is 12.2 Å². The van der Waals surface area contributed by atoms with Gasteiger partial charge in [0.1, 0.15) is 21.8 Å². The maximum absolute atomic E-state index is 13.6. The predicted molar refractivity (Wildman–Crippen MR) is 188 cm³/mol. The van der Waals surface area contributed by atoms with Crippen LogP contribution < -0.4 is 15.4 Å². The first-order valence-corrected chi connectivity index (χ1v) is 17.6. The molecule has 0 bridgehead atoms. The normalized spacial score (nSPS) is 16.3. The standard InChI is InChI=1S/C35H47N5O2S2/c1-4-6-7-8-9-10-11-12-13-17-20-40-34(42)31(44-35(40)43)25-29-27(3)30(26-36)33(41)39(5-2)32(29)38-23-21-37(22-24-38)28-18-15-14-16-19-28/h14-16,18-19,25H,4-13,17,20-24H2,1-3H3/b31-25+. The van der Waals surface area contributed by atoms with Crippen molar-refractivity contribution < 1.29 is 4.79 Å². The molecule has 0 atom stereocenters. The van der Waals surface area contributed by atoms with Crippen LogP contribution in [0.25, 0.3) is 6.08 Å². The molecule has 2 aliphatic heterocycles. The molecule has 2 aliphatic rings. The molecule has 7 nitrogen and oxygen atoms in total. The minimum atomic E-state index is -0.279. The Morgan fingerprint density at radius 1 is 0.886 bits per heavy atom. The van der Waals surface area contributed by atoms with Crippen LogP contribution in [0.2, 0.25) is 0 Å². The highest BCUT2D eigenvalue weighted by Crippen LogP contribution is 2.36. The number of nitriles is 1. The minimum Gasteiger partial charge on any atom is -0.368 e. The van der Waals surface area contributed by atoms with Crippen LogP contribution in [-0.2, 0) is 11.3 Å². The molecule has 236 valence electrons. The molecule has 2 saturated heterocycles. The van der Waals surface area contributed by atoms with Crippen LogP contribution in [0.4, 0.5) is 11.5 Å². The minimum absolute atomic E-state index is 0.0806. The Labute approximate surface area is 272 Å². The molecule has 0 spiro atoms. The number of benzene rings is 1. The number of rotatable bonds is 15. The fourth-order valence-corrected chi connectivity index (χ4v) is 7.47. The maximum atomic E-state index is 13.6. The Bertz CT molecular complexity index is 1420. The van der Waals surface area contributed by atoms with Crippen LogP contribution in [0, 0.1) is 18.3 Å². The van der Waals surface area contributed by atoms with E-state index in [0.29, 0.717) is 27.9 Å². The Morgan fingerprint density at radius 3 is 2.07 bits per heavy atom. The van der Waals surface area contributed by atoms with Crippen molar-refractivity contribution in [3.05, 3.63) is 62.3 Å². The van der Waals surface area contributed by atoms with Crippen molar-refractivity contribution in [2.75, 3.05) is 42.5 Å². The molecule has 9 heteroatoms. The highest BCUT2D eigenvalue weighted by Gasteiger charge is 2.33. The highest BCUT2D eigenvalue weighted by molar-refractivity contribution is 8.26. The van der Waals surface area contributed by atoms with Gasteiger partial charge in [0, 0.05) is 50.5 Å². The molecule has 0 unspecified atom stereocenters. The third kappa shape index (κ3) is 8.13. The van der Waals surface area contributed by atoms with Crippen molar-refractivity contribution in [3.8, 4) is 6.07 Å². The smallest absolute Gasteiger partial charge is 0.270 e. The lowest BCUT2D eigenvalue weighted by Crippen LogP contribution is -2.48. The Balaban J connectivity index is 1.48. The second kappa shape index (κ2) is 16.8. The van der Waals surface area contributed by atoms with Crippen LogP contribution in [0.3, 0.4) is 0 Å². The van der Waals surface area contributed by atoms with E-state index < -0.39 is 0 Å². The van der Waals surface area contributed by atoms with Gasteiger partial charge in [-0.1, -0.05) is 107 Å². The van der Waals surface area contributed by atoms with Crippen molar-refractivity contribution in [3.63, 3.8) is 0 Å². The fourth-order valence-electron chi connectivity index (χ4n) is 6.17. The molecule has 2 aromatic rings. The van der Waals surface area contributed by atoms with Gasteiger partial charge in [-0.2, -0.15) is 5.26 Å².